The lowest BCUT2D eigenvalue weighted by Gasteiger charge is -2.26. The van der Waals surface area contributed by atoms with Crippen molar-refractivity contribution in [2.75, 3.05) is 45.3 Å². The quantitative estimate of drug-likeness (QED) is 0.471. The zero-order valence-corrected chi connectivity index (χ0v) is 19.6. The third-order valence-corrected chi connectivity index (χ3v) is 7.03. The number of aromatic nitrogens is 2. The van der Waals surface area contributed by atoms with Gasteiger partial charge in [0.1, 0.15) is 16.5 Å². The Balaban J connectivity index is 1.74. The molecule has 0 saturated carbocycles. The van der Waals surface area contributed by atoms with Crippen molar-refractivity contribution in [3.8, 4) is 5.75 Å². The second-order valence-electron chi connectivity index (χ2n) is 7.27. The van der Waals surface area contributed by atoms with E-state index in [9.17, 15) is 27.6 Å². The number of nitrogens with one attached hydrogen (secondary N) is 1. The molecule has 0 atom stereocenters. The Kier molecular flexibility index (Phi) is 7.54. The highest BCUT2D eigenvalue weighted by Crippen LogP contribution is 2.28. The molecule has 0 unspecified atom stereocenters. The summed E-state index contributed by atoms with van der Waals surface area (Å²) in [5.74, 6) is -1.77. The molecule has 0 spiro atoms. The molecule has 14 heteroatoms. The maximum absolute atomic E-state index is 13.0. The molecule has 0 aliphatic carbocycles. The lowest BCUT2D eigenvalue weighted by molar-refractivity contribution is -0.119. The predicted molar refractivity (Wildman–Crippen MR) is 118 cm³/mol. The number of esters is 1. The molecule has 0 bridgehead atoms. The van der Waals surface area contributed by atoms with Crippen molar-refractivity contribution in [2.45, 2.75) is 4.90 Å². The van der Waals surface area contributed by atoms with Crippen molar-refractivity contribution in [1.82, 2.24) is 13.4 Å². The molecule has 13 nitrogen and oxygen atoms in total. The van der Waals surface area contributed by atoms with E-state index in [0.717, 1.165) is 21.3 Å². The zero-order chi connectivity index (χ0) is 25.0. The maximum atomic E-state index is 13.0. The first-order valence-corrected chi connectivity index (χ1v) is 11.5. The van der Waals surface area contributed by atoms with E-state index in [1.807, 2.05) is 0 Å². The third kappa shape index (κ3) is 5.18. The first kappa shape index (κ1) is 25.1. The van der Waals surface area contributed by atoms with E-state index in [4.69, 9.17) is 14.2 Å². The predicted octanol–water partition coefficient (Wildman–Crippen LogP) is -1.09. The Morgan fingerprint density at radius 3 is 2.41 bits per heavy atom. The van der Waals surface area contributed by atoms with Gasteiger partial charge in [-0.05, 0) is 18.2 Å². The van der Waals surface area contributed by atoms with E-state index in [0.29, 0.717) is 0 Å². The van der Waals surface area contributed by atoms with E-state index in [1.54, 1.807) is 0 Å². The molecule has 1 amide bonds. The van der Waals surface area contributed by atoms with Gasteiger partial charge in [-0.25, -0.2) is 18.0 Å². The minimum atomic E-state index is -3.97. The van der Waals surface area contributed by atoms with Crippen LogP contribution in [0.25, 0.3) is 0 Å². The number of anilines is 1. The summed E-state index contributed by atoms with van der Waals surface area (Å²) in [5.41, 5.74) is -1.38. The van der Waals surface area contributed by atoms with Crippen LogP contribution in [-0.4, -0.2) is 73.8 Å². The number of sulfonamides is 1. The van der Waals surface area contributed by atoms with Crippen LogP contribution in [0.15, 0.2) is 38.8 Å². The summed E-state index contributed by atoms with van der Waals surface area (Å²) in [6.45, 7) is 0.0751. The van der Waals surface area contributed by atoms with Gasteiger partial charge in [-0.1, -0.05) is 0 Å². The normalized spacial score (nSPS) is 14.4. The fraction of sp³-hybridized carbons (Fsp3) is 0.400. The second kappa shape index (κ2) is 10.2. The summed E-state index contributed by atoms with van der Waals surface area (Å²) >= 11 is 0. The van der Waals surface area contributed by atoms with Gasteiger partial charge in [-0.2, -0.15) is 4.31 Å². The summed E-state index contributed by atoms with van der Waals surface area (Å²) in [6, 6.07) is 4.80. The highest BCUT2D eigenvalue weighted by Gasteiger charge is 2.30. The van der Waals surface area contributed by atoms with Crippen LogP contribution < -0.4 is 21.3 Å². The van der Waals surface area contributed by atoms with Gasteiger partial charge < -0.3 is 19.5 Å². The van der Waals surface area contributed by atoms with Crippen LogP contribution in [0.1, 0.15) is 10.4 Å². The number of carbonyl (C=O) groups is 2. The summed E-state index contributed by atoms with van der Waals surface area (Å²) in [7, 11) is -0.0158. The van der Waals surface area contributed by atoms with Crippen molar-refractivity contribution >= 4 is 27.7 Å². The van der Waals surface area contributed by atoms with Crippen molar-refractivity contribution in [2.24, 2.45) is 14.1 Å². The van der Waals surface area contributed by atoms with Gasteiger partial charge in [0.25, 0.3) is 11.5 Å². The Bertz CT molecular complexity index is 1320. The summed E-state index contributed by atoms with van der Waals surface area (Å²) in [6.07, 6.45) is 0. The Morgan fingerprint density at radius 1 is 1.09 bits per heavy atom. The van der Waals surface area contributed by atoms with Gasteiger partial charge in [0.2, 0.25) is 10.0 Å². The van der Waals surface area contributed by atoms with Crippen molar-refractivity contribution in [1.29, 1.82) is 0 Å². The minimum Gasteiger partial charge on any atom is -0.495 e. The summed E-state index contributed by atoms with van der Waals surface area (Å²) < 4.78 is 44.5. The molecular formula is C20H24N4O9S. The average Bonchev–Trinajstić information content (AvgIpc) is 2.84. The number of benzene rings is 1. The van der Waals surface area contributed by atoms with Crippen LogP contribution >= 0.6 is 0 Å². The molecule has 34 heavy (non-hydrogen) atoms. The number of carbonyl (C=O) groups excluding carboxylic acids is 2. The van der Waals surface area contributed by atoms with Crippen LogP contribution in [-0.2, 0) is 38.4 Å². The summed E-state index contributed by atoms with van der Waals surface area (Å²) in [4.78, 5) is 48.2. The van der Waals surface area contributed by atoms with Gasteiger partial charge in [0.05, 0.1) is 25.9 Å². The second-order valence-corrected chi connectivity index (χ2v) is 9.18. The molecule has 1 aromatic carbocycles. The fourth-order valence-corrected chi connectivity index (χ4v) is 4.77. The van der Waals surface area contributed by atoms with Crippen molar-refractivity contribution in [3.05, 3.63) is 50.7 Å². The molecule has 3 rings (SSSR count). The van der Waals surface area contributed by atoms with E-state index >= 15 is 0 Å². The number of amides is 1. The monoisotopic (exact) mass is 496 g/mol. The van der Waals surface area contributed by atoms with E-state index < -0.39 is 39.8 Å². The average molecular weight is 496 g/mol. The topological polar surface area (TPSA) is 155 Å². The van der Waals surface area contributed by atoms with Crippen molar-refractivity contribution < 1.29 is 32.2 Å². The number of rotatable bonds is 7. The molecule has 1 N–H and O–H groups in total. The lowest BCUT2D eigenvalue weighted by atomic mass is 10.2. The number of morpholine rings is 1. The number of methoxy groups -OCH3 is 1. The van der Waals surface area contributed by atoms with Crippen LogP contribution in [0.4, 0.5) is 5.82 Å². The number of ether oxygens (including phenoxy) is 3. The van der Waals surface area contributed by atoms with E-state index in [2.05, 4.69) is 5.32 Å². The molecule has 1 saturated heterocycles. The largest absolute Gasteiger partial charge is 0.495 e. The molecule has 2 aromatic rings. The molecule has 2 heterocycles. The number of nitrogens with zero attached hydrogens (tertiary/aromatic N) is 3. The van der Waals surface area contributed by atoms with Gasteiger partial charge in [0, 0.05) is 33.3 Å². The highest BCUT2D eigenvalue weighted by atomic mass is 32.2. The van der Waals surface area contributed by atoms with Crippen LogP contribution in [0.2, 0.25) is 0 Å². The maximum Gasteiger partial charge on any atom is 0.338 e. The zero-order valence-electron chi connectivity index (χ0n) is 18.8. The molecule has 1 aliphatic heterocycles. The van der Waals surface area contributed by atoms with Crippen LogP contribution in [0.3, 0.4) is 0 Å². The Morgan fingerprint density at radius 2 is 1.76 bits per heavy atom. The van der Waals surface area contributed by atoms with Gasteiger partial charge in [-0.15, -0.1) is 0 Å². The van der Waals surface area contributed by atoms with Gasteiger partial charge in [-0.3, -0.25) is 18.7 Å². The van der Waals surface area contributed by atoms with Crippen LogP contribution in [0, 0.1) is 0 Å². The minimum absolute atomic E-state index is 0.0485. The van der Waals surface area contributed by atoms with Crippen LogP contribution in [0.5, 0.6) is 5.75 Å². The SMILES string of the molecule is COc1ccc(C(=O)OCC(=O)Nc2cc(=O)n(C)c(=O)n2C)cc1S(=O)(=O)N1CCOCC1. The molecule has 0 radical (unpaired) electrons. The third-order valence-electron chi connectivity index (χ3n) is 5.12. The van der Waals surface area contributed by atoms with E-state index in [-0.39, 0.29) is 48.3 Å². The lowest BCUT2D eigenvalue weighted by Crippen LogP contribution is -2.40. The smallest absolute Gasteiger partial charge is 0.338 e. The molecule has 184 valence electrons. The first-order valence-electron chi connectivity index (χ1n) is 10.1. The Labute approximate surface area is 194 Å². The first-order chi connectivity index (χ1) is 16.1. The molecule has 1 aliphatic rings. The fourth-order valence-electron chi connectivity index (χ4n) is 3.18. The molecule has 1 fully saturated rings. The standard InChI is InChI=1S/C20H24N4O9S/c1-22-16(11-18(26)23(2)20(22)28)21-17(25)12-33-19(27)13-4-5-14(31-3)15(10-13)34(29,30)24-6-8-32-9-7-24/h4-5,10-11H,6-9,12H2,1-3H3,(H,21,25). The van der Waals surface area contributed by atoms with Gasteiger partial charge in [0.15, 0.2) is 6.61 Å². The van der Waals surface area contributed by atoms with Gasteiger partial charge >= 0.3 is 11.7 Å². The van der Waals surface area contributed by atoms with E-state index in [1.165, 1.54) is 37.6 Å². The number of hydrogen-bond donors (Lipinski definition) is 1. The Hall–Kier alpha value is -3.49. The molecular weight excluding hydrogens is 472 g/mol. The van der Waals surface area contributed by atoms with Crippen molar-refractivity contribution in [3.63, 3.8) is 0 Å². The molecule has 1 aromatic heterocycles. The highest BCUT2D eigenvalue weighted by molar-refractivity contribution is 7.89. The number of hydrogen-bond acceptors (Lipinski definition) is 9. The summed E-state index contributed by atoms with van der Waals surface area (Å²) in [5, 5.41) is 2.32.